The van der Waals surface area contributed by atoms with Crippen LogP contribution in [-0.4, -0.2) is 69.1 Å². The number of hydrogen-bond donors (Lipinski definition) is 3. The van der Waals surface area contributed by atoms with Crippen molar-refractivity contribution in [1.29, 1.82) is 0 Å². The van der Waals surface area contributed by atoms with Crippen molar-refractivity contribution in [3.63, 3.8) is 0 Å². The zero-order chi connectivity index (χ0) is 20.1. The normalized spacial score (nSPS) is 18.9. The summed E-state index contributed by atoms with van der Waals surface area (Å²) in [6.45, 7) is 9.67. The van der Waals surface area contributed by atoms with Gasteiger partial charge in [0.25, 0.3) is 11.8 Å². The monoisotopic (exact) mass is 388 g/mol. The van der Waals surface area contributed by atoms with Crippen molar-refractivity contribution >= 4 is 11.8 Å². The molecule has 0 bridgehead atoms. The van der Waals surface area contributed by atoms with Crippen molar-refractivity contribution in [1.82, 2.24) is 10.2 Å². The van der Waals surface area contributed by atoms with Gasteiger partial charge in [-0.3, -0.25) is 9.59 Å². The second-order valence-corrected chi connectivity index (χ2v) is 8.66. The summed E-state index contributed by atoms with van der Waals surface area (Å²) in [6, 6.07) is 9.53. The van der Waals surface area contributed by atoms with Crippen molar-refractivity contribution in [2.75, 3.05) is 46.3 Å². The van der Waals surface area contributed by atoms with Crippen molar-refractivity contribution in [3.05, 3.63) is 35.4 Å². The number of amides is 2. The van der Waals surface area contributed by atoms with Crippen molar-refractivity contribution in [2.45, 2.75) is 45.2 Å². The Labute approximate surface area is 168 Å². The number of nitrogens with zero attached hydrogens (tertiary/aromatic N) is 1. The molecule has 1 atom stereocenters. The smallest absolute Gasteiger partial charge is 0.278 e. The van der Waals surface area contributed by atoms with E-state index in [9.17, 15) is 9.59 Å². The second-order valence-electron chi connectivity index (χ2n) is 8.66. The Hall–Kier alpha value is -1.92. The first-order chi connectivity index (χ1) is 13.5. The van der Waals surface area contributed by atoms with Crippen molar-refractivity contribution in [2.24, 2.45) is 0 Å². The highest BCUT2D eigenvalue weighted by Gasteiger charge is 2.36. The number of likely N-dealkylation sites (N-methyl/N-ethyl adjacent to an activating group) is 1. The van der Waals surface area contributed by atoms with E-state index in [2.05, 4.69) is 43.4 Å². The van der Waals surface area contributed by atoms with Gasteiger partial charge in [-0.1, -0.05) is 38.1 Å². The standard InChI is InChI=1S/C22H34N4O2/c1-17(2)19-6-4-18(5-7-19)14-26(20-8-9-20)16-22(28)25-12-10-24(11-13-25)15-21(27)23-3/h4-7,17,20H,8-16H2,1-3H3,(H,23,27)/p+2. The molecular weight excluding hydrogens is 352 g/mol. The number of hydrogen-bond acceptors (Lipinski definition) is 2. The molecule has 1 aromatic carbocycles. The van der Waals surface area contributed by atoms with Gasteiger partial charge in [0.2, 0.25) is 0 Å². The van der Waals surface area contributed by atoms with Crippen molar-refractivity contribution < 1.29 is 19.4 Å². The predicted molar refractivity (Wildman–Crippen MR) is 109 cm³/mol. The number of benzene rings is 1. The predicted octanol–water partition coefficient (Wildman–Crippen LogP) is -1.17. The van der Waals surface area contributed by atoms with E-state index in [1.165, 1.54) is 33.8 Å². The Balaban J connectivity index is 1.50. The lowest BCUT2D eigenvalue weighted by Crippen LogP contribution is -3.16. The van der Waals surface area contributed by atoms with Gasteiger partial charge in [0.05, 0.1) is 32.2 Å². The quantitative estimate of drug-likeness (QED) is 0.526. The first-order valence-corrected chi connectivity index (χ1v) is 10.7. The minimum atomic E-state index is 0.0719. The van der Waals surface area contributed by atoms with E-state index in [1.54, 1.807) is 7.05 Å². The molecule has 3 rings (SSSR count). The minimum Gasteiger partial charge on any atom is -0.354 e. The van der Waals surface area contributed by atoms with E-state index in [4.69, 9.17) is 0 Å². The van der Waals surface area contributed by atoms with Crippen LogP contribution in [0, 0.1) is 0 Å². The first kappa shape index (κ1) is 20.8. The lowest BCUT2D eigenvalue weighted by atomic mass is 10.0. The van der Waals surface area contributed by atoms with E-state index in [0.29, 0.717) is 25.0 Å². The van der Waals surface area contributed by atoms with Crippen LogP contribution in [0.2, 0.25) is 0 Å². The SMILES string of the molecule is CNC(=O)C[NH+]1CCN(C(=O)C[NH+](Cc2ccc(C(C)C)cc2)C2CC2)CC1. The van der Waals surface area contributed by atoms with Crippen LogP contribution in [0.3, 0.4) is 0 Å². The van der Waals surface area contributed by atoms with Gasteiger partial charge in [0.1, 0.15) is 6.54 Å². The molecule has 1 heterocycles. The lowest BCUT2D eigenvalue weighted by Gasteiger charge is -2.32. The van der Waals surface area contributed by atoms with E-state index >= 15 is 0 Å². The van der Waals surface area contributed by atoms with Crippen LogP contribution in [0.1, 0.15) is 43.7 Å². The first-order valence-electron chi connectivity index (χ1n) is 10.7. The molecule has 0 aromatic heterocycles. The maximum atomic E-state index is 12.9. The summed E-state index contributed by atoms with van der Waals surface area (Å²) in [7, 11) is 1.67. The van der Waals surface area contributed by atoms with Crippen LogP contribution in [-0.2, 0) is 16.1 Å². The summed E-state index contributed by atoms with van der Waals surface area (Å²) < 4.78 is 0. The van der Waals surface area contributed by atoms with Gasteiger partial charge in [-0.25, -0.2) is 0 Å². The number of rotatable bonds is 8. The fourth-order valence-electron chi connectivity index (χ4n) is 4.00. The van der Waals surface area contributed by atoms with Gasteiger partial charge in [0, 0.05) is 25.5 Å². The van der Waals surface area contributed by atoms with Crippen LogP contribution >= 0.6 is 0 Å². The van der Waals surface area contributed by atoms with Gasteiger partial charge in [-0.2, -0.15) is 0 Å². The lowest BCUT2D eigenvalue weighted by molar-refractivity contribution is -0.917. The minimum absolute atomic E-state index is 0.0719. The molecular formula is C22H36N4O2+2. The molecule has 28 heavy (non-hydrogen) atoms. The number of carbonyl (C=O) groups is 2. The molecule has 2 aliphatic rings. The summed E-state index contributed by atoms with van der Waals surface area (Å²) in [6.07, 6.45) is 2.47. The largest absolute Gasteiger partial charge is 0.354 e. The maximum Gasteiger partial charge on any atom is 0.278 e. The summed E-state index contributed by atoms with van der Waals surface area (Å²) in [5.74, 6) is 0.883. The van der Waals surface area contributed by atoms with Crippen LogP contribution in [0.4, 0.5) is 0 Å². The number of nitrogens with one attached hydrogen (secondary N) is 3. The molecule has 6 nitrogen and oxygen atoms in total. The van der Waals surface area contributed by atoms with Gasteiger partial charge in [-0.15, -0.1) is 0 Å². The van der Waals surface area contributed by atoms with Gasteiger partial charge in [0.15, 0.2) is 13.1 Å². The van der Waals surface area contributed by atoms with E-state index in [-0.39, 0.29) is 11.8 Å². The molecule has 3 N–H and O–H groups in total. The highest BCUT2D eigenvalue weighted by atomic mass is 16.2. The third-order valence-electron chi connectivity index (χ3n) is 6.12. The van der Waals surface area contributed by atoms with Crippen molar-refractivity contribution in [3.8, 4) is 0 Å². The van der Waals surface area contributed by atoms with E-state index < -0.39 is 0 Å². The fraction of sp³-hybridized carbons (Fsp3) is 0.636. The third kappa shape index (κ3) is 5.79. The Morgan fingerprint density at radius 3 is 2.36 bits per heavy atom. The molecule has 0 spiro atoms. The fourth-order valence-corrected chi connectivity index (χ4v) is 4.00. The molecule has 1 saturated carbocycles. The van der Waals surface area contributed by atoms with Gasteiger partial charge >= 0.3 is 0 Å². The van der Waals surface area contributed by atoms with Crippen LogP contribution in [0.15, 0.2) is 24.3 Å². The molecule has 6 heteroatoms. The molecule has 1 unspecified atom stereocenters. The Bertz CT molecular complexity index is 662. The topological polar surface area (TPSA) is 58.3 Å². The zero-order valence-electron chi connectivity index (χ0n) is 17.6. The molecule has 1 aliphatic heterocycles. The molecule has 1 aliphatic carbocycles. The number of piperazine rings is 1. The summed E-state index contributed by atoms with van der Waals surface area (Å²) in [5.41, 5.74) is 2.68. The average molecular weight is 389 g/mol. The Morgan fingerprint density at radius 2 is 1.82 bits per heavy atom. The highest BCUT2D eigenvalue weighted by Crippen LogP contribution is 2.17. The highest BCUT2D eigenvalue weighted by molar-refractivity contribution is 5.77. The molecule has 154 valence electrons. The van der Waals surface area contributed by atoms with Crippen LogP contribution in [0.5, 0.6) is 0 Å². The summed E-state index contributed by atoms with van der Waals surface area (Å²) >= 11 is 0. The van der Waals surface area contributed by atoms with Gasteiger partial charge < -0.3 is 20.0 Å². The average Bonchev–Trinajstić information content (AvgIpc) is 3.53. The number of carbonyl (C=O) groups excluding carboxylic acids is 2. The number of quaternary nitrogens is 2. The molecule has 2 fully saturated rings. The van der Waals surface area contributed by atoms with Crippen LogP contribution < -0.4 is 15.1 Å². The Morgan fingerprint density at radius 1 is 1.18 bits per heavy atom. The maximum absolute atomic E-state index is 12.9. The molecule has 2 amide bonds. The molecule has 1 saturated heterocycles. The third-order valence-corrected chi connectivity index (χ3v) is 6.12. The zero-order valence-corrected chi connectivity index (χ0v) is 17.6. The summed E-state index contributed by atoms with van der Waals surface area (Å²) in [5, 5.41) is 2.68. The van der Waals surface area contributed by atoms with E-state index in [1.807, 2.05) is 4.90 Å². The molecule has 1 aromatic rings. The van der Waals surface area contributed by atoms with E-state index in [0.717, 1.165) is 32.7 Å². The second kappa shape index (κ2) is 9.52. The van der Waals surface area contributed by atoms with Gasteiger partial charge in [-0.05, 0) is 11.5 Å². The van der Waals surface area contributed by atoms with Crippen LogP contribution in [0.25, 0.3) is 0 Å². The molecule has 0 radical (unpaired) electrons. The Kier molecular flexibility index (Phi) is 7.08. The summed E-state index contributed by atoms with van der Waals surface area (Å²) in [4.78, 5) is 29.1.